The molecule has 0 aliphatic heterocycles. The van der Waals surface area contributed by atoms with Gasteiger partial charge in [0.1, 0.15) is 11.6 Å². The summed E-state index contributed by atoms with van der Waals surface area (Å²) < 4.78 is 29.4. The van der Waals surface area contributed by atoms with Crippen molar-refractivity contribution >= 4 is 28.1 Å². The number of nitrogens with one attached hydrogen (secondary N) is 1. The normalized spacial score (nSPS) is 11.2. The van der Waals surface area contributed by atoms with Crippen LogP contribution < -0.4 is 0 Å². The van der Waals surface area contributed by atoms with Gasteiger partial charge in [0, 0.05) is 18.0 Å². The Bertz CT molecular complexity index is 646. The zero-order valence-corrected chi connectivity index (χ0v) is 12.2. The molecule has 0 unspecified atom stereocenters. The molecule has 0 fully saturated rings. The van der Waals surface area contributed by atoms with Crippen molar-refractivity contribution in [3.63, 3.8) is 0 Å². The molecule has 0 atom stereocenters. The summed E-state index contributed by atoms with van der Waals surface area (Å²) in [4.78, 5) is 2.86. The number of aromatic amines is 1. The minimum Gasteiger partial charge on any atom is -0.337 e. The van der Waals surface area contributed by atoms with Gasteiger partial charge in [-0.05, 0) is 40.1 Å². The maximum Gasteiger partial charge on any atom is 0.182 e. The van der Waals surface area contributed by atoms with Gasteiger partial charge in [-0.3, -0.25) is 4.57 Å². The van der Waals surface area contributed by atoms with Crippen molar-refractivity contribution < 1.29 is 8.78 Å². The first-order valence-corrected chi connectivity index (χ1v) is 6.57. The number of aromatic nitrogens is 2. The Hall–Kier alpha value is -1.01. The zero-order chi connectivity index (χ0) is 13.4. The van der Waals surface area contributed by atoms with E-state index in [1.807, 2.05) is 13.8 Å². The third kappa shape index (κ3) is 2.27. The van der Waals surface area contributed by atoms with Crippen LogP contribution in [0.5, 0.6) is 0 Å². The molecule has 96 valence electrons. The standard InChI is InChI=1S/C12H11BrF2N2S/c1-6(2)11-5-16-12(18)17(11)10-4-8(14)7(13)3-9(10)15/h3-6H,1-2H3,(H,16,18). The first kappa shape index (κ1) is 13.4. The van der Waals surface area contributed by atoms with Crippen LogP contribution in [-0.4, -0.2) is 9.55 Å². The van der Waals surface area contributed by atoms with Crippen LogP contribution >= 0.6 is 28.1 Å². The van der Waals surface area contributed by atoms with Crippen molar-refractivity contribution in [2.75, 3.05) is 0 Å². The van der Waals surface area contributed by atoms with Gasteiger partial charge in [0.15, 0.2) is 4.77 Å². The second kappa shape index (κ2) is 4.93. The van der Waals surface area contributed by atoms with Crippen LogP contribution in [0.25, 0.3) is 5.69 Å². The first-order valence-electron chi connectivity index (χ1n) is 5.37. The molecule has 0 amide bonds. The molecule has 1 heterocycles. The third-order valence-electron chi connectivity index (χ3n) is 2.63. The topological polar surface area (TPSA) is 20.7 Å². The van der Waals surface area contributed by atoms with Gasteiger partial charge in [-0.25, -0.2) is 8.78 Å². The van der Waals surface area contributed by atoms with Gasteiger partial charge in [0.05, 0.1) is 10.2 Å². The maximum atomic E-state index is 13.9. The molecule has 18 heavy (non-hydrogen) atoms. The molecule has 2 nitrogen and oxygen atoms in total. The Morgan fingerprint density at radius 1 is 1.28 bits per heavy atom. The second-order valence-corrected chi connectivity index (χ2v) is 5.47. The first-order chi connectivity index (χ1) is 8.41. The lowest BCUT2D eigenvalue weighted by Crippen LogP contribution is -2.05. The van der Waals surface area contributed by atoms with E-state index in [2.05, 4.69) is 20.9 Å². The number of nitrogens with zero attached hydrogens (tertiary/aromatic N) is 1. The Morgan fingerprint density at radius 2 is 1.94 bits per heavy atom. The lowest BCUT2D eigenvalue weighted by atomic mass is 10.1. The molecule has 0 radical (unpaired) electrons. The highest BCUT2D eigenvalue weighted by molar-refractivity contribution is 9.10. The van der Waals surface area contributed by atoms with Crippen molar-refractivity contribution in [2.24, 2.45) is 0 Å². The van der Waals surface area contributed by atoms with Gasteiger partial charge in [-0.15, -0.1) is 0 Å². The average Bonchev–Trinajstić information content (AvgIpc) is 2.66. The monoisotopic (exact) mass is 332 g/mol. The van der Waals surface area contributed by atoms with E-state index in [-0.39, 0.29) is 16.1 Å². The summed E-state index contributed by atoms with van der Waals surface area (Å²) in [5, 5.41) is 0. The number of imidazole rings is 1. The SMILES string of the molecule is CC(C)c1c[nH]c(=S)n1-c1cc(F)c(Br)cc1F. The molecule has 1 aromatic carbocycles. The van der Waals surface area contributed by atoms with Crippen LogP contribution in [0.4, 0.5) is 8.78 Å². The van der Waals surface area contributed by atoms with E-state index < -0.39 is 11.6 Å². The summed E-state index contributed by atoms with van der Waals surface area (Å²) >= 11 is 8.07. The number of rotatable bonds is 2. The van der Waals surface area contributed by atoms with E-state index in [0.29, 0.717) is 4.77 Å². The molecule has 0 spiro atoms. The number of halogens is 3. The zero-order valence-electron chi connectivity index (χ0n) is 9.80. The van der Waals surface area contributed by atoms with Crippen LogP contribution in [0.2, 0.25) is 0 Å². The molecular formula is C12H11BrF2N2S. The highest BCUT2D eigenvalue weighted by Crippen LogP contribution is 2.26. The van der Waals surface area contributed by atoms with Gasteiger partial charge in [-0.2, -0.15) is 0 Å². The van der Waals surface area contributed by atoms with Crippen molar-refractivity contribution in [1.29, 1.82) is 0 Å². The van der Waals surface area contributed by atoms with E-state index in [0.717, 1.165) is 17.8 Å². The van der Waals surface area contributed by atoms with E-state index in [1.54, 1.807) is 6.20 Å². The van der Waals surface area contributed by atoms with Crippen LogP contribution in [0.15, 0.2) is 22.8 Å². The Kier molecular flexibility index (Phi) is 3.68. The quantitative estimate of drug-likeness (QED) is 0.624. The Morgan fingerprint density at radius 3 is 2.56 bits per heavy atom. The largest absolute Gasteiger partial charge is 0.337 e. The lowest BCUT2D eigenvalue weighted by molar-refractivity contribution is 0.583. The lowest BCUT2D eigenvalue weighted by Gasteiger charge is -2.12. The fourth-order valence-electron chi connectivity index (χ4n) is 1.74. The predicted molar refractivity (Wildman–Crippen MR) is 72.7 cm³/mol. The summed E-state index contributed by atoms with van der Waals surface area (Å²) in [5.41, 5.74) is 0.922. The molecule has 1 N–H and O–H groups in total. The summed E-state index contributed by atoms with van der Waals surface area (Å²) in [7, 11) is 0. The fraction of sp³-hybridized carbons (Fsp3) is 0.250. The molecule has 2 rings (SSSR count). The molecule has 0 aliphatic carbocycles. The minimum absolute atomic E-state index is 0.0944. The maximum absolute atomic E-state index is 13.9. The van der Waals surface area contributed by atoms with Crippen LogP contribution in [-0.2, 0) is 0 Å². The summed E-state index contributed by atoms with van der Waals surface area (Å²) in [5.74, 6) is -0.908. The second-order valence-electron chi connectivity index (χ2n) is 4.23. The van der Waals surface area contributed by atoms with Gasteiger partial charge in [0.25, 0.3) is 0 Å². The number of H-pyrrole nitrogens is 1. The van der Waals surface area contributed by atoms with Gasteiger partial charge in [-0.1, -0.05) is 13.8 Å². The van der Waals surface area contributed by atoms with E-state index in [4.69, 9.17) is 12.2 Å². The van der Waals surface area contributed by atoms with Gasteiger partial charge in [0.2, 0.25) is 0 Å². The molecule has 0 saturated carbocycles. The van der Waals surface area contributed by atoms with E-state index in [1.165, 1.54) is 4.57 Å². The Balaban J connectivity index is 2.73. The number of benzene rings is 1. The van der Waals surface area contributed by atoms with Crippen LogP contribution in [0.1, 0.15) is 25.5 Å². The molecule has 2 aromatic rings. The van der Waals surface area contributed by atoms with Crippen molar-refractivity contribution in [1.82, 2.24) is 9.55 Å². The van der Waals surface area contributed by atoms with E-state index >= 15 is 0 Å². The van der Waals surface area contributed by atoms with Gasteiger partial charge >= 0.3 is 0 Å². The summed E-state index contributed by atoms with van der Waals surface area (Å²) in [6, 6.07) is 2.23. The van der Waals surface area contributed by atoms with E-state index in [9.17, 15) is 8.78 Å². The summed E-state index contributed by atoms with van der Waals surface area (Å²) in [6.07, 6.45) is 1.71. The van der Waals surface area contributed by atoms with Crippen molar-refractivity contribution in [2.45, 2.75) is 19.8 Å². The minimum atomic E-state index is -0.527. The van der Waals surface area contributed by atoms with Crippen LogP contribution in [0.3, 0.4) is 0 Å². The molecular weight excluding hydrogens is 322 g/mol. The van der Waals surface area contributed by atoms with Gasteiger partial charge < -0.3 is 4.98 Å². The van der Waals surface area contributed by atoms with Crippen molar-refractivity contribution in [3.05, 3.63) is 44.9 Å². The fourth-order valence-corrected chi connectivity index (χ4v) is 2.32. The average molecular weight is 333 g/mol. The number of hydrogen-bond acceptors (Lipinski definition) is 1. The molecule has 0 bridgehead atoms. The third-order valence-corrected chi connectivity index (χ3v) is 3.54. The highest BCUT2D eigenvalue weighted by Gasteiger charge is 2.15. The molecule has 0 aliphatic rings. The Labute approximate surface area is 117 Å². The highest BCUT2D eigenvalue weighted by atomic mass is 79.9. The van der Waals surface area contributed by atoms with Crippen molar-refractivity contribution in [3.8, 4) is 5.69 Å². The molecule has 1 aromatic heterocycles. The number of hydrogen-bond donors (Lipinski definition) is 1. The molecule has 0 saturated heterocycles. The predicted octanol–water partition coefficient (Wildman–Crippen LogP) is 4.70. The summed E-state index contributed by atoms with van der Waals surface area (Å²) in [6.45, 7) is 3.92. The molecule has 6 heteroatoms. The van der Waals surface area contributed by atoms with Crippen LogP contribution in [0, 0.1) is 16.4 Å². The smallest absolute Gasteiger partial charge is 0.182 e.